The monoisotopic (exact) mass is 358 g/mol. The van der Waals surface area contributed by atoms with Gasteiger partial charge in [-0.3, -0.25) is 10.1 Å². The molecule has 2 aromatic rings. The molecule has 0 amide bonds. The Balaban J connectivity index is 0.000000570. The maximum absolute atomic E-state index is 11.4. The Hall–Kier alpha value is -2.37. The topological polar surface area (TPSA) is 64.2 Å². The predicted octanol–water partition coefficient (Wildman–Crippen LogP) is 5.44. The summed E-state index contributed by atoms with van der Waals surface area (Å²) in [4.78, 5) is 17.9. The highest BCUT2D eigenvalue weighted by molar-refractivity contribution is 5.87. The average molecular weight is 358 g/mol. The SMILES string of the molecule is CC.CC.CC1c2c(nc(C3CC3)n2C)-c2cccc([N+](=O)[O-])c2N1C. The number of anilines is 1. The zero-order valence-electron chi connectivity index (χ0n) is 16.9. The highest BCUT2D eigenvalue weighted by Crippen LogP contribution is 2.49. The number of hydrogen-bond acceptors (Lipinski definition) is 4. The van der Waals surface area contributed by atoms with Crippen molar-refractivity contribution in [3.63, 3.8) is 0 Å². The maximum Gasteiger partial charge on any atom is 0.293 e. The van der Waals surface area contributed by atoms with Crippen molar-refractivity contribution in [1.29, 1.82) is 0 Å². The Labute approximate surface area is 156 Å². The van der Waals surface area contributed by atoms with Gasteiger partial charge in [0.05, 0.1) is 22.4 Å². The van der Waals surface area contributed by atoms with E-state index in [0.29, 0.717) is 11.6 Å². The molecular formula is C20H30N4O2. The molecule has 0 N–H and O–H groups in total. The van der Waals surface area contributed by atoms with Crippen molar-refractivity contribution in [3.8, 4) is 11.3 Å². The summed E-state index contributed by atoms with van der Waals surface area (Å²) in [7, 11) is 3.98. The Kier molecular flexibility index (Phi) is 6.05. The number of aromatic nitrogens is 2. The van der Waals surface area contributed by atoms with Crippen LogP contribution in [0.15, 0.2) is 18.2 Å². The zero-order valence-corrected chi connectivity index (χ0v) is 16.9. The summed E-state index contributed by atoms with van der Waals surface area (Å²) in [6, 6.07) is 5.31. The van der Waals surface area contributed by atoms with Gasteiger partial charge in [-0.15, -0.1) is 0 Å². The molecule has 1 aromatic heterocycles. The summed E-state index contributed by atoms with van der Waals surface area (Å²) in [6.07, 6.45) is 2.38. The second-order valence-electron chi connectivity index (χ2n) is 6.25. The van der Waals surface area contributed by atoms with Gasteiger partial charge in [0, 0.05) is 31.6 Å². The van der Waals surface area contributed by atoms with Crippen LogP contribution >= 0.6 is 0 Å². The molecule has 1 unspecified atom stereocenters. The highest BCUT2D eigenvalue weighted by atomic mass is 16.6. The number of nitrogens with zero attached hydrogens (tertiary/aromatic N) is 4. The van der Waals surface area contributed by atoms with Gasteiger partial charge in [0.15, 0.2) is 0 Å². The lowest BCUT2D eigenvalue weighted by Gasteiger charge is -2.33. The summed E-state index contributed by atoms with van der Waals surface area (Å²) in [5, 5.41) is 11.4. The summed E-state index contributed by atoms with van der Waals surface area (Å²) in [5.74, 6) is 1.67. The van der Waals surface area contributed by atoms with Crippen LogP contribution in [0.4, 0.5) is 11.4 Å². The second-order valence-corrected chi connectivity index (χ2v) is 6.25. The van der Waals surface area contributed by atoms with E-state index in [1.54, 1.807) is 12.1 Å². The molecule has 0 spiro atoms. The second kappa shape index (κ2) is 7.89. The van der Waals surface area contributed by atoms with Crippen LogP contribution < -0.4 is 4.90 Å². The molecule has 142 valence electrons. The Bertz CT molecular complexity index is 793. The van der Waals surface area contributed by atoms with Gasteiger partial charge < -0.3 is 9.47 Å². The van der Waals surface area contributed by atoms with Gasteiger partial charge >= 0.3 is 0 Å². The minimum absolute atomic E-state index is 0.0635. The third kappa shape index (κ3) is 3.08. The molecule has 2 aliphatic rings. The molecule has 2 heterocycles. The first-order valence-electron chi connectivity index (χ1n) is 9.57. The molecule has 1 fully saturated rings. The first-order chi connectivity index (χ1) is 12.5. The van der Waals surface area contributed by atoms with E-state index in [2.05, 4.69) is 18.5 Å². The van der Waals surface area contributed by atoms with Crippen LogP contribution in [0, 0.1) is 10.1 Å². The molecule has 1 saturated carbocycles. The molecule has 1 aliphatic carbocycles. The van der Waals surface area contributed by atoms with Gasteiger partial charge in [0.25, 0.3) is 5.69 Å². The summed E-state index contributed by atoms with van der Waals surface area (Å²) >= 11 is 0. The van der Waals surface area contributed by atoms with Crippen molar-refractivity contribution >= 4 is 11.4 Å². The Morgan fingerprint density at radius 1 is 1.15 bits per heavy atom. The van der Waals surface area contributed by atoms with Crippen LogP contribution in [0.25, 0.3) is 11.3 Å². The zero-order chi connectivity index (χ0) is 19.6. The number of rotatable bonds is 2. The molecule has 0 bridgehead atoms. The van der Waals surface area contributed by atoms with Crippen molar-refractivity contribution in [2.45, 2.75) is 59.4 Å². The van der Waals surface area contributed by atoms with E-state index in [1.807, 2.05) is 45.7 Å². The molecule has 6 heteroatoms. The van der Waals surface area contributed by atoms with Crippen LogP contribution in [0.2, 0.25) is 0 Å². The molecule has 0 saturated heterocycles. The number of benzene rings is 1. The summed E-state index contributed by atoms with van der Waals surface area (Å²) in [5.41, 5.74) is 3.75. The van der Waals surface area contributed by atoms with E-state index >= 15 is 0 Å². The van der Waals surface area contributed by atoms with E-state index in [0.717, 1.165) is 22.8 Å². The number of imidazole rings is 1. The van der Waals surface area contributed by atoms with Gasteiger partial charge in [-0.05, 0) is 19.8 Å². The molecule has 6 nitrogen and oxygen atoms in total. The van der Waals surface area contributed by atoms with Crippen LogP contribution in [0.3, 0.4) is 0 Å². The van der Waals surface area contributed by atoms with Gasteiger partial charge in [-0.25, -0.2) is 4.98 Å². The first-order valence-corrected chi connectivity index (χ1v) is 9.57. The maximum atomic E-state index is 11.4. The molecule has 26 heavy (non-hydrogen) atoms. The fourth-order valence-electron chi connectivity index (χ4n) is 3.53. The van der Waals surface area contributed by atoms with Crippen LogP contribution in [-0.2, 0) is 7.05 Å². The molecule has 4 rings (SSSR count). The smallest absolute Gasteiger partial charge is 0.293 e. The standard InChI is InChI=1S/C16H18N4O2.2C2H6/c1-9-14-13(17-16(19(14)3)10-7-8-10)11-5-4-6-12(20(21)22)15(11)18(9)2;2*1-2/h4-6,9-10H,7-8H2,1-3H3;2*1-2H3. The van der Waals surface area contributed by atoms with Crippen LogP contribution in [0.1, 0.15) is 70.9 Å². The van der Waals surface area contributed by atoms with Crippen molar-refractivity contribution in [1.82, 2.24) is 9.55 Å². The normalized spacial score (nSPS) is 17.2. The van der Waals surface area contributed by atoms with Crippen molar-refractivity contribution in [2.75, 3.05) is 11.9 Å². The largest absolute Gasteiger partial charge is 0.360 e. The minimum Gasteiger partial charge on any atom is -0.360 e. The van der Waals surface area contributed by atoms with Gasteiger partial charge in [-0.1, -0.05) is 39.8 Å². The summed E-state index contributed by atoms with van der Waals surface area (Å²) < 4.78 is 2.19. The van der Waals surface area contributed by atoms with E-state index in [1.165, 1.54) is 12.8 Å². The van der Waals surface area contributed by atoms with E-state index in [-0.39, 0.29) is 16.7 Å². The lowest BCUT2D eigenvalue weighted by Crippen LogP contribution is -2.28. The third-order valence-electron chi connectivity index (χ3n) is 4.91. The molecule has 1 aromatic carbocycles. The Morgan fingerprint density at radius 3 is 2.31 bits per heavy atom. The van der Waals surface area contributed by atoms with Gasteiger partial charge in [0.1, 0.15) is 11.5 Å². The van der Waals surface area contributed by atoms with E-state index < -0.39 is 0 Å². The average Bonchev–Trinajstić information content (AvgIpc) is 3.45. The fourth-order valence-corrected chi connectivity index (χ4v) is 3.53. The van der Waals surface area contributed by atoms with Gasteiger partial charge in [-0.2, -0.15) is 0 Å². The lowest BCUT2D eigenvalue weighted by atomic mass is 9.96. The number of para-hydroxylation sites is 1. The summed E-state index contributed by atoms with van der Waals surface area (Å²) in [6.45, 7) is 10.1. The number of fused-ring (bicyclic) bond motifs is 3. The number of nitro groups is 1. The van der Waals surface area contributed by atoms with Crippen LogP contribution in [0.5, 0.6) is 0 Å². The molecule has 0 radical (unpaired) electrons. The molecule has 1 aliphatic heterocycles. The van der Waals surface area contributed by atoms with Crippen LogP contribution in [-0.4, -0.2) is 21.5 Å². The van der Waals surface area contributed by atoms with Crippen molar-refractivity contribution in [2.24, 2.45) is 7.05 Å². The highest BCUT2D eigenvalue weighted by Gasteiger charge is 2.38. The third-order valence-corrected chi connectivity index (χ3v) is 4.91. The van der Waals surface area contributed by atoms with Crippen molar-refractivity contribution < 1.29 is 4.92 Å². The first kappa shape index (κ1) is 19.9. The predicted molar refractivity (Wildman–Crippen MR) is 107 cm³/mol. The number of nitro benzene ring substituents is 1. The van der Waals surface area contributed by atoms with Gasteiger partial charge in [0.2, 0.25) is 0 Å². The molecular weight excluding hydrogens is 328 g/mol. The van der Waals surface area contributed by atoms with E-state index in [4.69, 9.17) is 4.98 Å². The van der Waals surface area contributed by atoms with E-state index in [9.17, 15) is 10.1 Å². The number of hydrogen-bond donors (Lipinski definition) is 0. The lowest BCUT2D eigenvalue weighted by molar-refractivity contribution is -0.384. The fraction of sp³-hybridized carbons (Fsp3) is 0.550. The minimum atomic E-state index is -0.308. The quantitative estimate of drug-likeness (QED) is 0.530. The Morgan fingerprint density at radius 2 is 1.77 bits per heavy atom. The van der Waals surface area contributed by atoms with Crippen molar-refractivity contribution in [3.05, 3.63) is 39.8 Å². The molecule has 1 atom stereocenters.